The molecule has 0 aliphatic heterocycles. The van der Waals surface area contributed by atoms with Crippen molar-refractivity contribution < 1.29 is 27.8 Å². The van der Waals surface area contributed by atoms with Crippen LogP contribution >= 0.6 is 0 Å². The fraction of sp³-hybridized carbons (Fsp3) is 0.188. The lowest BCUT2D eigenvalue weighted by molar-refractivity contribution is -0.274. The highest BCUT2D eigenvalue weighted by molar-refractivity contribution is 5.92. The Morgan fingerprint density at radius 1 is 1.00 bits per heavy atom. The van der Waals surface area contributed by atoms with E-state index in [0.29, 0.717) is 5.56 Å². The molecule has 0 saturated carbocycles. The molecule has 3 nitrogen and oxygen atoms in total. The molecule has 116 valence electrons. The molecule has 0 aliphatic carbocycles. The van der Waals surface area contributed by atoms with Gasteiger partial charge in [-0.25, -0.2) is 4.79 Å². The molecular weight excluding hydrogens is 297 g/mol. The van der Waals surface area contributed by atoms with Gasteiger partial charge in [-0.2, -0.15) is 0 Å². The topological polar surface area (TPSA) is 46.5 Å². The van der Waals surface area contributed by atoms with E-state index in [1.165, 1.54) is 12.1 Å². The summed E-state index contributed by atoms with van der Waals surface area (Å²) in [4.78, 5) is 11.2. The largest absolute Gasteiger partial charge is 0.573 e. The number of aryl methyl sites for hydroxylation is 2. The van der Waals surface area contributed by atoms with E-state index >= 15 is 0 Å². The summed E-state index contributed by atoms with van der Waals surface area (Å²) in [5.41, 5.74) is 2.66. The van der Waals surface area contributed by atoms with Gasteiger partial charge in [0.25, 0.3) is 0 Å². The number of aromatic carboxylic acids is 1. The summed E-state index contributed by atoms with van der Waals surface area (Å²) in [6.07, 6.45) is -4.94. The number of rotatable bonds is 3. The third-order valence-electron chi connectivity index (χ3n) is 2.99. The van der Waals surface area contributed by atoms with Crippen molar-refractivity contribution in [2.24, 2.45) is 0 Å². The van der Waals surface area contributed by atoms with Gasteiger partial charge < -0.3 is 9.84 Å². The van der Waals surface area contributed by atoms with Gasteiger partial charge in [-0.15, -0.1) is 13.2 Å². The van der Waals surface area contributed by atoms with E-state index in [2.05, 4.69) is 4.74 Å². The van der Waals surface area contributed by atoms with Crippen LogP contribution in [0.1, 0.15) is 21.5 Å². The van der Waals surface area contributed by atoms with Crippen LogP contribution in [0.25, 0.3) is 11.1 Å². The lowest BCUT2D eigenvalue weighted by Gasteiger charge is -2.13. The minimum Gasteiger partial charge on any atom is -0.478 e. The fourth-order valence-electron chi connectivity index (χ4n) is 2.23. The van der Waals surface area contributed by atoms with Gasteiger partial charge >= 0.3 is 12.3 Å². The highest BCUT2D eigenvalue weighted by atomic mass is 19.4. The Bertz CT molecular complexity index is 701. The summed E-state index contributed by atoms with van der Waals surface area (Å²) in [6.45, 7) is 3.77. The van der Waals surface area contributed by atoms with Crippen LogP contribution in [-0.2, 0) is 0 Å². The Labute approximate surface area is 125 Å². The predicted octanol–water partition coefficient (Wildman–Crippen LogP) is 4.57. The van der Waals surface area contributed by atoms with Crippen molar-refractivity contribution in [3.8, 4) is 16.9 Å². The zero-order chi connectivity index (χ0) is 16.5. The van der Waals surface area contributed by atoms with Gasteiger partial charge in [0.2, 0.25) is 0 Å². The summed E-state index contributed by atoms with van der Waals surface area (Å²) in [6, 6.07) is 9.21. The van der Waals surface area contributed by atoms with Crippen LogP contribution < -0.4 is 4.74 Å². The molecule has 0 atom stereocenters. The lowest BCUT2D eigenvalue weighted by Crippen LogP contribution is -2.19. The molecule has 6 heteroatoms. The van der Waals surface area contributed by atoms with Crippen molar-refractivity contribution in [3.63, 3.8) is 0 Å². The number of hydrogen-bond donors (Lipinski definition) is 1. The first-order valence-corrected chi connectivity index (χ1v) is 6.37. The van der Waals surface area contributed by atoms with Crippen molar-refractivity contribution >= 4 is 5.97 Å². The fourth-order valence-corrected chi connectivity index (χ4v) is 2.23. The number of carboxylic acids is 1. The zero-order valence-corrected chi connectivity index (χ0v) is 11.9. The third kappa shape index (κ3) is 3.78. The number of alkyl halides is 3. The minimum absolute atomic E-state index is 0.513. The van der Waals surface area contributed by atoms with Gasteiger partial charge in [0.15, 0.2) is 0 Å². The van der Waals surface area contributed by atoms with Crippen LogP contribution in [0, 0.1) is 13.8 Å². The number of carboxylic acid groups (broad SMARTS) is 1. The maximum absolute atomic E-state index is 12.3. The number of hydrogen-bond acceptors (Lipinski definition) is 2. The Morgan fingerprint density at radius 2 is 1.59 bits per heavy atom. The molecule has 0 amide bonds. The van der Waals surface area contributed by atoms with Crippen molar-refractivity contribution in [1.29, 1.82) is 0 Å². The van der Waals surface area contributed by atoms with Crippen LogP contribution in [0.4, 0.5) is 13.2 Å². The minimum atomic E-state index is -4.94. The molecule has 0 radical (unpaired) electrons. The van der Waals surface area contributed by atoms with Gasteiger partial charge in [-0.05, 0) is 37.1 Å². The van der Waals surface area contributed by atoms with Crippen LogP contribution in [0.3, 0.4) is 0 Å². The highest BCUT2D eigenvalue weighted by Crippen LogP contribution is 2.31. The molecule has 0 fully saturated rings. The first-order valence-electron chi connectivity index (χ1n) is 6.37. The molecule has 0 bridgehead atoms. The molecule has 2 rings (SSSR count). The van der Waals surface area contributed by atoms with E-state index in [4.69, 9.17) is 5.11 Å². The first-order chi connectivity index (χ1) is 10.2. The van der Waals surface area contributed by atoms with E-state index in [1.54, 1.807) is 0 Å². The van der Waals surface area contributed by atoms with Crippen LogP contribution in [0.5, 0.6) is 5.75 Å². The molecule has 2 aromatic carbocycles. The smallest absolute Gasteiger partial charge is 0.478 e. The van der Waals surface area contributed by atoms with Crippen LogP contribution in [0.15, 0.2) is 36.4 Å². The average molecular weight is 310 g/mol. The molecule has 22 heavy (non-hydrogen) atoms. The second-order valence-electron chi connectivity index (χ2n) is 4.94. The molecule has 1 N–H and O–H groups in total. The molecule has 0 heterocycles. The van der Waals surface area contributed by atoms with E-state index in [1.807, 2.05) is 32.0 Å². The summed E-state index contributed by atoms with van der Waals surface area (Å²) in [5, 5.41) is 9.10. The van der Waals surface area contributed by atoms with E-state index < -0.39 is 23.6 Å². The van der Waals surface area contributed by atoms with Gasteiger partial charge in [-0.3, -0.25) is 0 Å². The Hall–Kier alpha value is -2.50. The second kappa shape index (κ2) is 5.71. The number of carbonyl (C=O) groups is 1. The highest BCUT2D eigenvalue weighted by Gasteiger charge is 2.33. The number of ether oxygens (including phenoxy) is 1. The van der Waals surface area contributed by atoms with E-state index in [-0.39, 0.29) is 0 Å². The molecule has 0 aromatic heterocycles. The summed E-state index contributed by atoms with van der Waals surface area (Å²) in [5.74, 6) is -2.21. The van der Waals surface area contributed by atoms with Gasteiger partial charge in [0.1, 0.15) is 11.3 Å². The SMILES string of the molecule is Cc1cc(C)cc(-c2ccc(OC(F)(F)F)c(C(=O)O)c2)c1. The van der Waals surface area contributed by atoms with Gasteiger partial charge in [-0.1, -0.05) is 35.4 Å². The summed E-state index contributed by atoms with van der Waals surface area (Å²) >= 11 is 0. The second-order valence-corrected chi connectivity index (χ2v) is 4.94. The normalized spacial score (nSPS) is 11.3. The quantitative estimate of drug-likeness (QED) is 0.903. The zero-order valence-electron chi connectivity index (χ0n) is 11.9. The summed E-state index contributed by atoms with van der Waals surface area (Å²) < 4.78 is 40.6. The molecule has 0 aliphatic rings. The monoisotopic (exact) mass is 310 g/mol. The molecule has 0 spiro atoms. The van der Waals surface area contributed by atoms with Crippen molar-refractivity contribution in [1.82, 2.24) is 0 Å². The van der Waals surface area contributed by atoms with E-state index in [9.17, 15) is 18.0 Å². The maximum Gasteiger partial charge on any atom is 0.573 e. The first kappa shape index (κ1) is 15.9. The van der Waals surface area contributed by atoms with Crippen LogP contribution in [0.2, 0.25) is 0 Å². The maximum atomic E-state index is 12.3. The molecule has 0 unspecified atom stereocenters. The Kier molecular flexibility index (Phi) is 4.12. The number of benzene rings is 2. The average Bonchev–Trinajstić information content (AvgIpc) is 2.35. The van der Waals surface area contributed by atoms with Gasteiger partial charge in [0.05, 0.1) is 0 Å². The Balaban J connectivity index is 2.51. The molecule has 2 aromatic rings. The van der Waals surface area contributed by atoms with Gasteiger partial charge in [0, 0.05) is 0 Å². The summed E-state index contributed by atoms with van der Waals surface area (Å²) in [7, 11) is 0. The molecular formula is C16H13F3O3. The van der Waals surface area contributed by atoms with Crippen molar-refractivity contribution in [2.45, 2.75) is 20.2 Å². The predicted molar refractivity (Wildman–Crippen MR) is 75.0 cm³/mol. The van der Waals surface area contributed by atoms with Crippen molar-refractivity contribution in [2.75, 3.05) is 0 Å². The number of halogens is 3. The van der Waals surface area contributed by atoms with E-state index in [0.717, 1.165) is 22.8 Å². The van der Waals surface area contributed by atoms with Crippen LogP contribution in [-0.4, -0.2) is 17.4 Å². The Morgan fingerprint density at radius 3 is 2.09 bits per heavy atom. The molecule has 0 saturated heterocycles. The third-order valence-corrected chi connectivity index (χ3v) is 2.99. The lowest BCUT2D eigenvalue weighted by atomic mass is 9.99. The van der Waals surface area contributed by atoms with Crippen molar-refractivity contribution in [3.05, 3.63) is 53.1 Å². The standard InChI is InChI=1S/C16H13F3O3/c1-9-5-10(2)7-12(6-9)11-3-4-14(22-16(17,18)19)13(8-11)15(20)21/h3-8H,1-2H3,(H,20,21).